The second-order valence-electron chi connectivity index (χ2n) is 32.2. The second-order valence-corrected chi connectivity index (χ2v) is 32.2. The molecule has 0 saturated heterocycles. The number of ketones is 6. The third kappa shape index (κ3) is 24.3. The number of nitrogens with zero attached hydrogens (tertiary/aromatic N) is 7. The van der Waals surface area contributed by atoms with Crippen LogP contribution in [0.4, 0.5) is 23.2 Å². The molecule has 0 amide bonds. The van der Waals surface area contributed by atoms with Gasteiger partial charge in [0.1, 0.15) is 5.82 Å². The molecule has 0 atom stereocenters. The van der Waals surface area contributed by atoms with Crippen LogP contribution in [0.5, 0.6) is 0 Å². The zero-order valence-electron chi connectivity index (χ0n) is 73.8. The lowest BCUT2D eigenvalue weighted by atomic mass is 9.97. The first-order chi connectivity index (χ1) is 63.0. The molecule has 131 heavy (non-hydrogen) atoms. The van der Waals surface area contributed by atoms with Crippen molar-refractivity contribution in [3.05, 3.63) is 467 Å². The molecule has 0 saturated carbocycles. The highest BCUT2D eigenvalue weighted by atomic mass is 19.4. The molecule has 0 aliphatic heterocycles. The van der Waals surface area contributed by atoms with E-state index in [9.17, 15) is 56.4 Å². The normalized spacial score (nSPS) is 10.9. The molecule has 0 radical (unpaired) electrons. The Balaban J connectivity index is 0.000000134. The van der Waals surface area contributed by atoms with E-state index in [1.165, 1.54) is 42.5 Å². The van der Waals surface area contributed by atoms with Crippen molar-refractivity contribution in [1.82, 2.24) is 29.9 Å². The summed E-state index contributed by atoms with van der Waals surface area (Å²) in [6, 6.07) is 98.5. The van der Waals surface area contributed by atoms with Gasteiger partial charge >= 0.3 is 6.18 Å². The lowest BCUT2D eigenvalue weighted by Gasteiger charge is -2.12. The fraction of sp³-hybridized carbons (Fsp3) is 0.143. The highest BCUT2D eigenvalue weighted by Gasteiger charge is 2.35. The van der Waals surface area contributed by atoms with Gasteiger partial charge in [0, 0.05) is 133 Å². The lowest BCUT2D eigenvalue weighted by molar-refractivity contribution is -0.385. The Labute approximate surface area is 756 Å². The Hall–Kier alpha value is -15.8. The number of nitro groups is 1. The number of nitro benzene ring substituents is 1. The van der Waals surface area contributed by atoms with Gasteiger partial charge in [-0.2, -0.15) is 13.2 Å². The summed E-state index contributed by atoms with van der Waals surface area (Å²) in [6.45, 7) is 17.6. The number of carbonyl (C=O) groups excluding carboxylic acids is 6. The van der Waals surface area contributed by atoms with Gasteiger partial charge in [-0.05, 0) is 168 Å². The highest BCUT2D eigenvalue weighted by Crippen LogP contribution is 2.34. The zero-order valence-corrected chi connectivity index (χ0v) is 73.8. The maximum absolute atomic E-state index is 13.7. The monoisotopic (exact) mass is 1740 g/mol. The first-order valence-electron chi connectivity index (χ1n) is 42.6. The van der Waals surface area contributed by atoms with E-state index in [-0.39, 0.29) is 70.6 Å². The van der Waals surface area contributed by atoms with Crippen LogP contribution < -0.4 is 0 Å². The fourth-order valence-corrected chi connectivity index (χ4v) is 15.2. The average Bonchev–Trinajstić information content (AvgIpc) is 0.801. The van der Waals surface area contributed by atoms with E-state index < -0.39 is 28.3 Å². The Kier molecular flexibility index (Phi) is 30.3. The first kappa shape index (κ1) is 92.9. The summed E-state index contributed by atoms with van der Waals surface area (Å²) >= 11 is 0. The van der Waals surface area contributed by atoms with Gasteiger partial charge in [0.2, 0.25) is 0 Å². The fourth-order valence-electron chi connectivity index (χ4n) is 15.2. The van der Waals surface area contributed by atoms with E-state index in [1.54, 1.807) is 36.4 Å². The number of rotatable bonds is 19. The van der Waals surface area contributed by atoms with E-state index in [1.807, 2.05) is 287 Å². The molecule has 0 unspecified atom stereocenters. The van der Waals surface area contributed by atoms with Crippen molar-refractivity contribution < 1.29 is 51.3 Å². The SMILES string of the molecule is Cc1ccc(C(=O)Cc2cccc3ccc(C)nc23)cc1.Cc1ccc2cccc(CC(=O)c3ccccc3C(F)(F)F)c2n1.Cc1ccc2cccc(CC(=O)c3ccccc3F)c2n1.Cc1ccc2cccc(CC(=O)c3ccccc3[N+](=O)[O-])c2n1.Cc1cccc(C(=O)Cc2cccc3ccc(C)nc23)c1.Cc1cccc(C(=O)Cc2cccc3ccc(C)nc23)c1. The summed E-state index contributed by atoms with van der Waals surface area (Å²) in [7, 11) is 0. The minimum absolute atomic E-state index is 0.0820. The quantitative estimate of drug-likeness (QED) is 0.0318. The molecule has 0 spiro atoms. The molecular formula is C112H93F4N7O8. The van der Waals surface area contributed by atoms with Gasteiger partial charge in [-0.3, -0.25) is 68.8 Å². The molecule has 652 valence electrons. The van der Waals surface area contributed by atoms with Crippen LogP contribution in [-0.2, 0) is 44.7 Å². The minimum atomic E-state index is -4.56. The predicted octanol–water partition coefficient (Wildman–Crippen LogP) is 25.8. The summed E-state index contributed by atoms with van der Waals surface area (Å²) in [5.41, 5.74) is 20.2. The molecule has 6 aromatic heterocycles. The molecule has 15 nitrogen and oxygen atoms in total. The van der Waals surface area contributed by atoms with Crippen molar-refractivity contribution >= 4 is 106 Å². The Morgan fingerprint density at radius 3 is 0.847 bits per heavy atom. The molecule has 0 fully saturated rings. The maximum Gasteiger partial charge on any atom is 0.417 e. The number of fused-ring (bicyclic) bond motifs is 6. The molecule has 12 aromatic carbocycles. The number of aryl methyl sites for hydroxylation is 9. The third-order valence-electron chi connectivity index (χ3n) is 21.9. The summed E-state index contributed by atoms with van der Waals surface area (Å²) < 4.78 is 53.0. The number of hydrogen-bond acceptors (Lipinski definition) is 14. The second kappa shape index (κ2) is 42.7. The van der Waals surface area contributed by atoms with Crippen molar-refractivity contribution in [1.29, 1.82) is 0 Å². The zero-order chi connectivity index (χ0) is 93.0. The van der Waals surface area contributed by atoms with Crippen LogP contribution in [-0.4, -0.2) is 69.5 Å². The van der Waals surface area contributed by atoms with Gasteiger partial charge in [-0.1, -0.05) is 265 Å². The average molecular weight is 1740 g/mol. The largest absolute Gasteiger partial charge is 0.417 e. The van der Waals surface area contributed by atoms with Crippen molar-refractivity contribution in [2.24, 2.45) is 0 Å². The van der Waals surface area contributed by atoms with E-state index in [2.05, 4.69) is 48.1 Å². The number of carbonyl (C=O) groups is 6. The standard InChI is InChI=1S/C19H14F3NO.3C19H17NO.C18H14FNO.C18H14N2O3/c1-12-9-10-13-5-4-6-14(18(13)23-12)11-17(24)15-7-2-3-8-16(15)19(20,21)22;2*1-13-5-3-7-16(11-13)18(21)12-17-8-4-6-15-10-9-14(2)20-19(15)17;1-13-6-9-15(10-7-13)18(21)12-17-5-3-4-16-11-8-14(2)20-19(16)17;1-12-9-10-13-5-4-6-14(18(13)20-12)11-17(21)15-7-2-3-8-16(15)19;1-12-9-10-13-5-4-6-14(18(13)19-12)11-17(21)15-7-2-3-8-16(15)20(22)23/h2-10H,11H2,1H3;3*3-11H,12H2,1-2H3;2-10H,11H2,1H3;2-10H,11H2,1H3. The van der Waals surface area contributed by atoms with E-state index >= 15 is 0 Å². The molecule has 19 heteroatoms. The number of pyridine rings is 6. The van der Waals surface area contributed by atoms with Crippen LogP contribution in [0.25, 0.3) is 65.4 Å². The molecule has 18 aromatic rings. The molecule has 0 aliphatic rings. The van der Waals surface area contributed by atoms with Gasteiger partial charge in [-0.25, -0.2) is 4.39 Å². The van der Waals surface area contributed by atoms with Crippen molar-refractivity contribution in [2.75, 3.05) is 0 Å². The van der Waals surface area contributed by atoms with E-state index in [0.717, 1.165) is 161 Å². The van der Waals surface area contributed by atoms with Crippen molar-refractivity contribution in [3.63, 3.8) is 0 Å². The summed E-state index contributed by atoms with van der Waals surface area (Å²) in [6.07, 6.45) is -3.29. The number of alkyl halides is 3. The maximum atomic E-state index is 13.7. The van der Waals surface area contributed by atoms with E-state index in [4.69, 9.17) is 0 Å². The van der Waals surface area contributed by atoms with Gasteiger partial charge in [0.25, 0.3) is 5.69 Å². The Morgan fingerprint density at radius 1 is 0.267 bits per heavy atom. The van der Waals surface area contributed by atoms with Crippen LogP contribution in [0.15, 0.2) is 328 Å². The molecular weight excluding hydrogens is 1650 g/mol. The van der Waals surface area contributed by atoms with Gasteiger partial charge in [-0.15, -0.1) is 0 Å². The number of benzene rings is 12. The lowest BCUT2D eigenvalue weighted by Crippen LogP contribution is -2.14. The topological polar surface area (TPSA) is 223 Å². The number of Topliss-reactive ketones (excluding diaryl/α,β-unsaturated/α-hetero) is 6. The van der Waals surface area contributed by atoms with Gasteiger partial charge in [0.05, 0.1) is 54.7 Å². The highest BCUT2D eigenvalue weighted by molar-refractivity contribution is 6.05. The smallest absolute Gasteiger partial charge is 0.294 e. The van der Waals surface area contributed by atoms with Crippen LogP contribution in [0.1, 0.15) is 152 Å². The predicted molar refractivity (Wildman–Crippen MR) is 512 cm³/mol. The molecule has 0 bridgehead atoms. The Bertz CT molecular complexity index is 7220. The third-order valence-corrected chi connectivity index (χ3v) is 21.9. The van der Waals surface area contributed by atoms with Crippen LogP contribution in [0.3, 0.4) is 0 Å². The van der Waals surface area contributed by atoms with Crippen LogP contribution in [0, 0.1) is 78.2 Å². The number of hydrogen-bond donors (Lipinski definition) is 0. The van der Waals surface area contributed by atoms with Crippen molar-refractivity contribution in [3.8, 4) is 0 Å². The van der Waals surface area contributed by atoms with E-state index in [0.29, 0.717) is 30.3 Å². The van der Waals surface area contributed by atoms with Crippen LogP contribution >= 0.6 is 0 Å². The summed E-state index contributed by atoms with van der Waals surface area (Å²) in [5.74, 6) is -1.17. The summed E-state index contributed by atoms with van der Waals surface area (Å²) in [4.78, 5) is 112. The van der Waals surface area contributed by atoms with Crippen molar-refractivity contribution in [2.45, 2.75) is 107 Å². The number of para-hydroxylation sites is 7. The molecule has 0 aliphatic carbocycles. The molecule has 0 N–H and O–H groups in total. The number of halogens is 4. The first-order valence-corrected chi connectivity index (χ1v) is 42.6. The summed E-state index contributed by atoms with van der Waals surface area (Å²) in [5, 5.41) is 17.1. The molecule has 18 rings (SSSR count). The van der Waals surface area contributed by atoms with Gasteiger partial charge in [0.15, 0.2) is 34.7 Å². The van der Waals surface area contributed by atoms with Gasteiger partial charge < -0.3 is 0 Å². The Morgan fingerprint density at radius 2 is 0.534 bits per heavy atom. The van der Waals surface area contributed by atoms with Crippen LogP contribution in [0.2, 0.25) is 0 Å². The minimum Gasteiger partial charge on any atom is -0.294 e. The number of aromatic nitrogens is 6. The molecule has 6 heterocycles.